The second kappa shape index (κ2) is 12.3. The fourth-order valence-corrected chi connectivity index (χ4v) is 4.33. The van der Waals surface area contributed by atoms with Gasteiger partial charge >= 0.3 is 0 Å². The van der Waals surface area contributed by atoms with Crippen LogP contribution in [-0.2, 0) is 16.1 Å². The number of carbonyl (C=O) groups is 2. The van der Waals surface area contributed by atoms with Gasteiger partial charge in [-0.25, -0.2) is 0 Å². The molecule has 194 valence electrons. The number of ketones is 1. The molecule has 0 bridgehead atoms. The number of unbranched alkanes of at least 4 members (excludes halogenated alkanes) is 2. The maximum atomic E-state index is 13.2. The molecule has 1 amide bonds. The van der Waals surface area contributed by atoms with Gasteiger partial charge < -0.3 is 23.9 Å². The molecule has 2 heterocycles. The normalized spacial score (nSPS) is 16.8. The average Bonchev–Trinajstić information content (AvgIpc) is 3.53. The maximum Gasteiger partial charge on any atom is 0.296 e. The Labute approximate surface area is 217 Å². The van der Waals surface area contributed by atoms with Crippen LogP contribution < -0.4 is 9.47 Å². The largest absolute Gasteiger partial charge is 0.507 e. The molecule has 7 heteroatoms. The minimum Gasteiger partial charge on any atom is -0.507 e. The predicted molar refractivity (Wildman–Crippen MR) is 140 cm³/mol. The number of ether oxygens (including phenoxy) is 2. The lowest BCUT2D eigenvalue weighted by Crippen LogP contribution is -2.29. The summed E-state index contributed by atoms with van der Waals surface area (Å²) in [5, 5.41) is 11.3. The van der Waals surface area contributed by atoms with Crippen molar-refractivity contribution in [1.82, 2.24) is 4.90 Å². The molecule has 0 spiro atoms. The van der Waals surface area contributed by atoms with Crippen LogP contribution in [0.4, 0.5) is 0 Å². The fraction of sp³-hybridized carbons (Fsp3) is 0.333. The highest BCUT2D eigenvalue weighted by molar-refractivity contribution is 6.46. The first-order valence-electron chi connectivity index (χ1n) is 12.8. The van der Waals surface area contributed by atoms with E-state index in [1.165, 1.54) is 11.2 Å². The van der Waals surface area contributed by atoms with Gasteiger partial charge in [0.2, 0.25) is 0 Å². The summed E-state index contributed by atoms with van der Waals surface area (Å²) in [7, 11) is 0. The van der Waals surface area contributed by atoms with Gasteiger partial charge in [0.25, 0.3) is 11.7 Å². The number of aliphatic hydroxyl groups excluding tert-OH is 1. The summed E-state index contributed by atoms with van der Waals surface area (Å²) in [5.74, 6) is 0.270. The predicted octanol–water partition coefficient (Wildman–Crippen LogP) is 6.26. The number of benzene rings is 2. The monoisotopic (exact) mass is 503 g/mol. The number of aliphatic hydroxyl groups is 1. The summed E-state index contributed by atoms with van der Waals surface area (Å²) in [6.45, 7) is 5.47. The van der Waals surface area contributed by atoms with Crippen LogP contribution in [0.1, 0.15) is 62.5 Å². The number of nitrogens with zero attached hydrogens (tertiary/aromatic N) is 1. The molecule has 1 aliphatic rings. The third-order valence-electron chi connectivity index (χ3n) is 6.26. The molecular formula is C30H33NO6. The topological polar surface area (TPSA) is 89.2 Å². The molecule has 0 radical (unpaired) electrons. The highest BCUT2D eigenvalue weighted by Gasteiger charge is 2.46. The first-order chi connectivity index (χ1) is 18.0. The van der Waals surface area contributed by atoms with E-state index < -0.39 is 17.7 Å². The highest BCUT2D eigenvalue weighted by atomic mass is 16.5. The Balaban J connectivity index is 1.68. The van der Waals surface area contributed by atoms with Crippen molar-refractivity contribution >= 4 is 17.4 Å². The summed E-state index contributed by atoms with van der Waals surface area (Å²) >= 11 is 0. The van der Waals surface area contributed by atoms with Gasteiger partial charge in [-0.3, -0.25) is 9.59 Å². The Hall–Kier alpha value is -4.00. The van der Waals surface area contributed by atoms with Crippen LogP contribution in [0.2, 0.25) is 0 Å². The highest BCUT2D eigenvalue weighted by Crippen LogP contribution is 2.41. The van der Waals surface area contributed by atoms with Crippen molar-refractivity contribution in [3.63, 3.8) is 0 Å². The van der Waals surface area contributed by atoms with Gasteiger partial charge in [0.1, 0.15) is 23.0 Å². The van der Waals surface area contributed by atoms with E-state index in [1.807, 2.05) is 31.2 Å². The minimum atomic E-state index is -0.782. The van der Waals surface area contributed by atoms with Gasteiger partial charge in [-0.15, -0.1) is 0 Å². The molecule has 37 heavy (non-hydrogen) atoms. The summed E-state index contributed by atoms with van der Waals surface area (Å²) in [6, 6.07) is 16.9. The van der Waals surface area contributed by atoms with Crippen LogP contribution in [0.15, 0.2) is 76.9 Å². The molecule has 1 fully saturated rings. The second-order valence-electron chi connectivity index (χ2n) is 9.00. The molecule has 2 aromatic carbocycles. The van der Waals surface area contributed by atoms with E-state index in [-0.39, 0.29) is 17.9 Å². The maximum absolute atomic E-state index is 13.2. The molecule has 1 saturated heterocycles. The number of rotatable bonds is 12. The van der Waals surface area contributed by atoms with Gasteiger partial charge in [0.05, 0.1) is 37.6 Å². The molecule has 1 atom stereocenters. The zero-order valence-electron chi connectivity index (χ0n) is 21.3. The van der Waals surface area contributed by atoms with Crippen LogP contribution in [0.3, 0.4) is 0 Å². The summed E-state index contributed by atoms with van der Waals surface area (Å²) in [6.07, 6.45) is 5.59. The van der Waals surface area contributed by atoms with Gasteiger partial charge in [-0.2, -0.15) is 0 Å². The van der Waals surface area contributed by atoms with E-state index >= 15 is 0 Å². The van der Waals surface area contributed by atoms with E-state index in [0.717, 1.165) is 25.7 Å². The van der Waals surface area contributed by atoms with E-state index in [1.54, 1.807) is 36.4 Å². The standard InChI is InChI=1S/C30H33NO6/c1-3-5-6-18-36-24-13-9-21(10-14-24)27-26(28(32)22-11-15-23(16-12-22)35-17-4-2)29(33)30(34)31(27)20-25-8-7-19-37-25/h7-16,19,27,32H,3-6,17-18,20H2,1-2H3/b28-26-. The molecular weight excluding hydrogens is 470 g/mol. The zero-order chi connectivity index (χ0) is 26.2. The Morgan fingerprint density at radius 2 is 1.57 bits per heavy atom. The first kappa shape index (κ1) is 26.1. The van der Waals surface area contributed by atoms with E-state index in [0.29, 0.717) is 41.6 Å². The number of hydrogen-bond acceptors (Lipinski definition) is 6. The van der Waals surface area contributed by atoms with Crippen molar-refractivity contribution in [2.75, 3.05) is 13.2 Å². The Morgan fingerprint density at radius 3 is 2.19 bits per heavy atom. The third-order valence-corrected chi connectivity index (χ3v) is 6.26. The molecule has 0 aliphatic carbocycles. The van der Waals surface area contributed by atoms with E-state index in [2.05, 4.69) is 6.92 Å². The van der Waals surface area contributed by atoms with Crippen molar-refractivity contribution in [3.8, 4) is 11.5 Å². The van der Waals surface area contributed by atoms with Crippen molar-refractivity contribution < 1.29 is 28.6 Å². The molecule has 3 aromatic rings. The Bertz CT molecular complexity index is 1210. The number of Topliss-reactive ketones (excluding diaryl/α,β-unsaturated/α-hetero) is 1. The minimum absolute atomic E-state index is 0.0374. The quantitative estimate of drug-likeness (QED) is 0.136. The smallest absolute Gasteiger partial charge is 0.296 e. The summed E-state index contributed by atoms with van der Waals surface area (Å²) in [5.41, 5.74) is 1.16. The Kier molecular flexibility index (Phi) is 8.67. The van der Waals surface area contributed by atoms with Crippen LogP contribution >= 0.6 is 0 Å². The van der Waals surface area contributed by atoms with Crippen LogP contribution in [0.25, 0.3) is 5.76 Å². The average molecular weight is 504 g/mol. The molecule has 4 rings (SSSR count). The lowest BCUT2D eigenvalue weighted by atomic mass is 9.95. The number of amides is 1. The van der Waals surface area contributed by atoms with Crippen molar-refractivity contribution in [3.05, 3.63) is 89.4 Å². The molecule has 7 nitrogen and oxygen atoms in total. The fourth-order valence-electron chi connectivity index (χ4n) is 4.33. The van der Waals surface area contributed by atoms with Gasteiger partial charge in [0.15, 0.2) is 0 Å². The van der Waals surface area contributed by atoms with Gasteiger partial charge in [-0.05, 0) is 66.9 Å². The molecule has 1 aliphatic heterocycles. The lowest BCUT2D eigenvalue weighted by molar-refractivity contribution is -0.140. The van der Waals surface area contributed by atoms with Gasteiger partial charge in [-0.1, -0.05) is 38.8 Å². The van der Waals surface area contributed by atoms with Crippen LogP contribution in [0, 0.1) is 0 Å². The van der Waals surface area contributed by atoms with E-state index in [9.17, 15) is 14.7 Å². The molecule has 1 aromatic heterocycles. The van der Waals surface area contributed by atoms with Gasteiger partial charge in [0, 0.05) is 5.56 Å². The number of likely N-dealkylation sites (tertiary alicyclic amines) is 1. The molecule has 1 N–H and O–H groups in total. The van der Waals surface area contributed by atoms with Crippen molar-refractivity contribution in [2.45, 2.75) is 52.1 Å². The lowest BCUT2D eigenvalue weighted by Gasteiger charge is -2.24. The summed E-state index contributed by atoms with van der Waals surface area (Å²) in [4.78, 5) is 27.8. The first-order valence-corrected chi connectivity index (χ1v) is 12.8. The number of hydrogen-bond donors (Lipinski definition) is 1. The van der Waals surface area contributed by atoms with Crippen molar-refractivity contribution in [2.24, 2.45) is 0 Å². The number of furan rings is 1. The van der Waals surface area contributed by atoms with Crippen molar-refractivity contribution in [1.29, 1.82) is 0 Å². The SMILES string of the molecule is CCCCCOc1ccc(C2/C(=C(/O)c3ccc(OCCC)cc3)C(=O)C(=O)N2Cc2ccco2)cc1. The number of carbonyl (C=O) groups excluding carboxylic acids is 2. The Morgan fingerprint density at radius 1 is 0.892 bits per heavy atom. The van der Waals surface area contributed by atoms with Crippen LogP contribution in [-0.4, -0.2) is 34.9 Å². The zero-order valence-corrected chi connectivity index (χ0v) is 21.3. The third kappa shape index (κ3) is 6.05. The molecule has 0 saturated carbocycles. The van der Waals surface area contributed by atoms with E-state index in [4.69, 9.17) is 13.9 Å². The van der Waals surface area contributed by atoms with Crippen LogP contribution in [0.5, 0.6) is 11.5 Å². The molecule has 1 unspecified atom stereocenters. The second-order valence-corrected chi connectivity index (χ2v) is 9.00. The summed E-state index contributed by atoms with van der Waals surface area (Å²) < 4.78 is 16.9.